The molecule has 1 heterocycles. The second-order valence-corrected chi connectivity index (χ2v) is 6.85. The number of anilines is 3. The molecule has 0 atom stereocenters. The molecule has 0 spiro atoms. The summed E-state index contributed by atoms with van der Waals surface area (Å²) in [6.45, 7) is 3.57. The Balaban J connectivity index is 1.48. The van der Waals surface area contributed by atoms with Gasteiger partial charge in [-0.2, -0.15) is 0 Å². The van der Waals surface area contributed by atoms with Gasteiger partial charge in [-0.25, -0.2) is 4.39 Å². The second-order valence-electron chi connectivity index (χ2n) is 6.85. The fraction of sp³-hybridized carbons (Fsp3) is 0.350. The van der Waals surface area contributed by atoms with Gasteiger partial charge in [-0.15, -0.1) is 0 Å². The monoisotopic (exact) mass is 357 g/mol. The zero-order chi connectivity index (χ0) is 18.5. The predicted molar refractivity (Wildman–Crippen MR) is 104 cm³/mol. The van der Waals surface area contributed by atoms with Crippen LogP contribution in [0.1, 0.15) is 0 Å². The smallest absolute Gasteiger partial charge is 0.279 e. The average Bonchev–Trinajstić information content (AvgIpc) is 2.63. The molecule has 0 aliphatic carbocycles. The minimum absolute atomic E-state index is 0.0111. The minimum Gasteiger partial charge on any atom is -0.378 e. The van der Waals surface area contributed by atoms with E-state index in [4.69, 9.17) is 0 Å². The van der Waals surface area contributed by atoms with Gasteiger partial charge < -0.3 is 20.0 Å². The molecule has 5 nitrogen and oxygen atoms in total. The lowest BCUT2D eigenvalue weighted by atomic mass is 10.2. The molecule has 1 aliphatic heterocycles. The largest absolute Gasteiger partial charge is 0.378 e. The molecule has 6 heteroatoms. The number of carbonyl (C=O) groups excluding carboxylic acids is 1. The van der Waals surface area contributed by atoms with E-state index in [9.17, 15) is 9.18 Å². The first-order chi connectivity index (χ1) is 12.5. The first-order valence-electron chi connectivity index (χ1n) is 8.93. The number of piperazine rings is 1. The summed E-state index contributed by atoms with van der Waals surface area (Å²) in [5, 5.41) is 2.96. The maximum Gasteiger partial charge on any atom is 0.279 e. The molecule has 26 heavy (non-hydrogen) atoms. The van der Waals surface area contributed by atoms with Crippen LogP contribution in [0.5, 0.6) is 0 Å². The van der Waals surface area contributed by atoms with Crippen LogP contribution in [0.4, 0.5) is 21.5 Å². The van der Waals surface area contributed by atoms with Crippen molar-refractivity contribution < 1.29 is 14.1 Å². The lowest BCUT2D eigenvalue weighted by molar-refractivity contribution is -0.892. The van der Waals surface area contributed by atoms with Crippen molar-refractivity contribution in [3.8, 4) is 0 Å². The van der Waals surface area contributed by atoms with Gasteiger partial charge in [0, 0.05) is 25.5 Å². The molecule has 2 N–H and O–H groups in total. The minimum atomic E-state index is -0.185. The lowest BCUT2D eigenvalue weighted by Gasteiger charge is -2.33. The van der Waals surface area contributed by atoms with Crippen LogP contribution in [-0.4, -0.2) is 52.7 Å². The fourth-order valence-electron chi connectivity index (χ4n) is 3.22. The van der Waals surface area contributed by atoms with E-state index in [1.807, 2.05) is 55.4 Å². The zero-order valence-corrected chi connectivity index (χ0v) is 15.3. The van der Waals surface area contributed by atoms with Gasteiger partial charge in [-0.3, -0.25) is 4.79 Å². The van der Waals surface area contributed by atoms with Crippen molar-refractivity contribution in [2.24, 2.45) is 0 Å². The number of nitrogens with one attached hydrogen (secondary N) is 2. The number of halogens is 1. The summed E-state index contributed by atoms with van der Waals surface area (Å²) in [6.07, 6.45) is 0. The van der Waals surface area contributed by atoms with Gasteiger partial charge >= 0.3 is 0 Å². The average molecular weight is 357 g/mol. The Hall–Kier alpha value is -2.60. The van der Waals surface area contributed by atoms with Crippen molar-refractivity contribution in [1.29, 1.82) is 0 Å². The number of quaternary nitrogens is 1. The molecule has 2 aromatic rings. The Bertz CT molecular complexity index is 740. The van der Waals surface area contributed by atoms with Gasteiger partial charge in [0.2, 0.25) is 0 Å². The Morgan fingerprint density at radius 1 is 1.12 bits per heavy atom. The zero-order valence-electron chi connectivity index (χ0n) is 15.3. The normalized spacial score (nSPS) is 15.0. The Morgan fingerprint density at radius 2 is 1.77 bits per heavy atom. The summed E-state index contributed by atoms with van der Waals surface area (Å²) in [5.74, 6) is -0.174. The Kier molecular flexibility index (Phi) is 5.73. The van der Waals surface area contributed by atoms with E-state index in [0.29, 0.717) is 12.2 Å². The highest BCUT2D eigenvalue weighted by Gasteiger charge is 2.23. The maximum atomic E-state index is 13.9. The van der Waals surface area contributed by atoms with Crippen molar-refractivity contribution >= 4 is 23.0 Å². The summed E-state index contributed by atoms with van der Waals surface area (Å²) in [5.41, 5.74) is 2.56. The summed E-state index contributed by atoms with van der Waals surface area (Å²) in [7, 11) is 3.97. The highest BCUT2D eigenvalue weighted by atomic mass is 19.1. The highest BCUT2D eigenvalue weighted by molar-refractivity contribution is 5.91. The summed E-state index contributed by atoms with van der Waals surface area (Å²) in [6, 6.07) is 14.7. The molecular weight excluding hydrogens is 331 g/mol. The topological polar surface area (TPSA) is 40.0 Å². The van der Waals surface area contributed by atoms with Gasteiger partial charge in [0.05, 0.1) is 31.9 Å². The van der Waals surface area contributed by atoms with Crippen LogP contribution in [0, 0.1) is 5.82 Å². The molecule has 2 aromatic carbocycles. The van der Waals surface area contributed by atoms with Crippen LogP contribution in [0.15, 0.2) is 48.5 Å². The van der Waals surface area contributed by atoms with Crippen LogP contribution in [0.25, 0.3) is 0 Å². The third kappa shape index (κ3) is 4.52. The van der Waals surface area contributed by atoms with Gasteiger partial charge in [-0.05, 0) is 36.4 Å². The van der Waals surface area contributed by atoms with Crippen LogP contribution < -0.4 is 20.0 Å². The van der Waals surface area contributed by atoms with Gasteiger partial charge in [-0.1, -0.05) is 12.1 Å². The van der Waals surface area contributed by atoms with E-state index in [1.165, 1.54) is 11.0 Å². The number of carbonyl (C=O) groups is 1. The molecule has 1 amide bonds. The lowest BCUT2D eigenvalue weighted by Crippen LogP contribution is -3.15. The number of rotatable bonds is 5. The Labute approximate surface area is 154 Å². The number of amides is 1. The molecule has 1 fully saturated rings. The molecule has 1 aliphatic rings. The molecule has 0 aromatic heterocycles. The first kappa shape index (κ1) is 18.2. The molecule has 0 unspecified atom stereocenters. The molecular formula is C20H26FN4O+. The fourth-order valence-corrected chi connectivity index (χ4v) is 3.22. The predicted octanol–water partition coefficient (Wildman–Crippen LogP) is 1.24. The third-order valence-corrected chi connectivity index (χ3v) is 4.74. The van der Waals surface area contributed by atoms with Crippen molar-refractivity contribution in [2.45, 2.75) is 0 Å². The second kappa shape index (κ2) is 8.19. The van der Waals surface area contributed by atoms with Crippen LogP contribution in [-0.2, 0) is 4.79 Å². The first-order valence-corrected chi connectivity index (χ1v) is 8.93. The van der Waals surface area contributed by atoms with E-state index < -0.39 is 0 Å². The number of hydrogen-bond acceptors (Lipinski definition) is 3. The number of nitrogens with zero attached hydrogens (tertiary/aromatic N) is 2. The van der Waals surface area contributed by atoms with Gasteiger partial charge in [0.15, 0.2) is 6.54 Å². The van der Waals surface area contributed by atoms with E-state index in [0.717, 1.165) is 37.6 Å². The van der Waals surface area contributed by atoms with Crippen LogP contribution in [0.3, 0.4) is 0 Å². The number of hydrogen-bond donors (Lipinski definition) is 2. The third-order valence-electron chi connectivity index (χ3n) is 4.74. The van der Waals surface area contributed by atoms with E-state index in [1.54, 1.807) is 6.07 Å². The van der Waals surface area contributed by atoms with Crippen LogP contribution >= 0.6 is 0 Å². The molecule has 0 saturated carbocycles. The highest BCUT2D eigenvalue weighted by Crippen LogP contribution is 2.18. The number of benzene rings is 2. The summed E-state index contributed by atoms with van der Waals surface area (Å²) < 4.78 is 13.9. The quantitative estimate of drug-likeness (QED) is 0.846. The van der Waals surface area contributed by atoms with Gasteiger partial charge in [0.25, 0.3) is 5.91 Å². The van der Waals surface area contributed by atoms with E-state index >= 15 is 0 Å². The van der Waals surface area contributed by atoms with E-state index in [-0.39, 0.29) is 11.7 Å². The Morgan fingerprint density at radius 3 is 2.38 bits per heavy atom. The molecule has 138 valence electrons. The molecule has 1 saturated heterocycles. The van der Waals surface area contributed by atoms with Crippen molar-refractivity contribution in [1.82, 2.24) is 0 Å². The molecule has 3 rings (SSSR count). The summed E-state index contributed by atoms with van der Waals surface area (Å²) in [4.78, 5) is 17.6. The van der Waals surface area contributed by atoms with Crippen molar-refractivity contribution in [3.05, 3.63) is 54.3 Å². The van der Waals surface area contributed by atoms with E-state index in [2.05, 4.69) is 10.2 Å². The number of para-hydroxylation sites is 1. The molecule has 0 radical (unpaired) electrons. The molecule has 0 bridgehead atoms. The van der Waals surface area contributed by atoms with Crippen molar-refractivity contribution in [3.63, 3.8) is 0 Å². The van der Waals surface area contributed by atoms with Crippen LogP contribution in [0.2, 0.25) is 0 Å². The van der Waals surface area contributed by atoms with Gasteiger partial charge in [0.1, 0.15) is 5.82 Å². The standard InChI is InChI=1S/C20H25FN4O/c1-23(2)17-9-7-16(8-10-17)22-20(26)15-24-11-13-25(14-12-24)19-6-4-3-5-18(19)21/h3-10H,11-15H2,1-2H3,(H,22,26)/p+1. The SMILES string of the molecule is CN(C)c1ccc(NC(=O)C[NH+]2CCN(c3ccccc3F)CC2)cc1. The summed E-state index contributed by atoms with van der Waals surface area (Å²) >= 11 is 0. The maximum absolute atomic E-state index is 13.9. The van der Waals surface area contributed by atoms with Crippen molar-refractivity contribution in [2.75, 3.05) is 61.9 Å².